The lowest BCUT2D eigenvalue weighted by atomic mass is 9.87. The van der Waals surface area contributed by atoms with E-state index in [1.165, 1.54) is 12.5 Å². The van der Waals surface area contributed by atoms with E-state index in [4.69, 9.17) is 4.74 Å². The molecule has 0 aromatic heterocycles. The molecule has 2 unspecified atom stereocenters. The van der Waals surface area contributed by atoms with Gasteiger partial charge in [0.25, 0.3) is 0 Å². The second-order valence-corrected chi connectivity index (χ2v) is 5.76. The van der Waals surface area contributed by atoms with E-state index in [-0.39, 0.29) is 11.9 Å². The third-order valence-corrected chi connectivity index (χ3v) is 3.77. The zero-order valence-corrected chi connectivity index (χ0v) is 12.1. The van der Waals surface area contributed by atoms with Crippen LogP contribution in [0.25, 0.3) is 0 Å². The molecule has 3 heteroatoms. The van der Waals surface area contributed by atoms with Gasteiger partial charge in [0.05, 0.1) is 6.10 Å². The van der Waals surface area contributed by atoms with Gasteiger partial charge in [-0.3, -0.25) is 0 Å². The molecule has 2 atom stereocenters. The van der Waals surface area contributed by atoms with Gasteiger partial charge in [-0.2, -0.15) is 0 Å². The van der Waals surface area contributed by atoms with Gasteiger partial charge in [0, 0.05) is 25.1 Å². The summed E-state index contributed by atoms with van der Waals surface area (Å²) in [4.78, 5) is 0. The Hall–Kier alpha value is -0.930. The van der Waals surface area contributed by atoms with Gasteiger partial charge in [0.1, 0.15) is 5.82 Å². The Kier molecular flexibility index (Phi) is 4.94. The Labute approximate surface area is 115 Å². The van der Waals surface area contributed by atoms with Crippen molar-refractivity contribution in [3.63, 3.8) is 0 Å². The maximum atomic E-state index is 13.2. The first-order chi connectivity index (χ1) is 9.08. The van der Waals surface area contributed by atoms with Gasteiger partial charge in [-0.05, 0) is 43.0 Å². The predicted octanol–water partition coefficient (Wildman–Crippen LogP) is 3.60. The molecule has 0 radical (unpaired) electrons. The van der Waals surface area contributed by atoms with Crippen LogP contribution in [0.2, 0.25) is 0 Å². The molecule has 1 fully saturated rings. The fourth-order valence-electron chi connectivity index (χ4n) is 2.74. The van der Waals surface area contributed by atoms with Crippen molar-refractivity contribution in [1.29, 1.82) is 0 Å². The monoisotopic (exact) mass is 265 g/mol. The predicted molar refractivity (Wildman–Crippen MR) is 75.7 cm³/mol. The van der Waals surface area contributed by atoms with Gasteiger partial charge in [0.15, 0.2) is 0 Å². The summed E-state index contributed by atoms with van der Waals surface area (Å²) in [6.45, 7) is 8.03. The minimum atomic E-state index is -0.172. The van der Waals surface area contributed by atoms with Crippen LogP contribution in [-0.4, -0.2) is 19.2 Å². The van der Waals surface area contributed by atoms with E-state index in [9.17, 15) is 4.39 Å². The summed E-state index contributed by atoms with van der Waals surface area (Å²) in [7, 11) is 0. The number of ether oxygens (including phenoxy) is 1. The molecule has 1 saturated heterocycles. The highest BCUT2D eigenvalue weighted by molar-refractivity contribution is 5.29. The lowest BCUT2D eigenvalue weighted by Gasteiger charge is -2.33. The Bertz CT molecular complexity index is 419. The highest BCUT2D eigenvalue weighted by Crippen LogP contribution is 2.35. The normalized spacial score (nSPS) is 23.8. The van der Waals surface area contributed by atoms with Crippen molar-refractivity contribution in [2.24, 2.45) is 5.92 Å². The Balaban J connectivity index is 2.14. The van der Waals surface area contributed by atoms with Crippen LogP contribution >= 0.6 is 0 Å². The molecule has 1 heterocycles. The number of benzene rings is 1. The van der Waals surface area contributed by atoms with Crippen LogP contribution in [-0.2, 0) is 4.74 Å². The van der Waals surface area contributed by atoms with Crippen molar-refractivity contribution in [2.75, 3.05) is 13.2 Å². The summed E-state index contributed by atoms with van der Waals surface area (Å²) in [6, 6.07) is 5.49. The van der Waals surface area contributed by atoms with E-state index in [1.54, 1.807) is 6.07 Å². The number of rotatable bonds is 4. The Morgan fingerprint density at radius 2 is 2.21 bits per heavy atom. The minimum Gasteiger partial charge on any atom is -0.373 e. The topological polar surface area (TPSA) is 21.3 Å². The zero-order valence-electron chi connectivity index (χ0n) is 12.1. The summed E-state index contributed by atoms with van der Waals surface area (Å²) >= 11 is 0. The van der Waals surface area contributed by atoms with Gasteiger partial charge in [-0.15, -0.1) is 0 Å². The number of hydrogen-bond acceptors (Lipinski definition) is 2. The van der Waals surface area contributed by atoms with Gasteiger partial charge in [-0.25, -0.2) is 4.39 Å². The van der Waals surface area contributed by atoms with Crippen molar-refractivity contribution in [2.45, 2.75) is 45.8 Å². The lowest BCUT2D eigenvalue weighted by Crippen LogP contribution is -2.35. The van der Waals surface area contributed by atoms with Crippen molar-refractivity contribution < 1.29 is 9.13 Å². The average Bonchev–Trinajstić information content (AvgIpc) is 2.37. The van der Waals surface area contributed by atoms with E-state index in [0.29, 0.717) is 12.0 Å². The molecule has 19 heavy (non-hydrogen) atoms. The van der Waals surface area contributed by atoms with E-state index >= 15 is 0 Å². The minimum absolute atomic E-state index is 0.0978. The fraction of sp³-hybridized carbons (Fsp3) is 0.625. The summed E-state index contributed by atoms with van der Waals surface area (Å²) in [5.41, 5.74) is 2.12. The van der Waals surface area contributed by atoms with Crippen LogP contribution in [0.4, 0.5) is 4.39 Å². The van der Waals surface area contributed by atoms with Crippen LogP contribution in [0.1, 0.15) is 43.9 Å². The molecule has 0 aliphatic carbocycles. The van der Waals surface area contributed by atoms with Crippen LogP contribution < -0.4 is 5.32 Å². The van der Waals surface area contributed by atoms with Crippen molar-refractivity contribution >= 4 is 0 Å². The SMILES string of the molecule is Cc1cc(F)ccc1C1OCCCC1CNC(C)C. The van der Waals surface area contributed by atoms with Crippen LogP contribution in [0.5, 0.6) is 0 Å². The van der Waals surface area contributed by atoms with Gasteiger partial charge in [0.2, 0.25) is 0 Å². The molecule has 1 N–H and O–H groups in total. The molecule has 0 saturated carbocycles. The van der Waals surface area contributed by atoms with E-state index in [2.05, 4.69) is 19.2 Å². The maximum Gasteiger partial charge on any atom is 0.123 e. The number of aryl methyl sites for hydroxylation is 1. The van der Waals surface area contributed by atoms with Crippen molar-refractivity contribution in [3.05, 3.63) is 35.1 Å². The van der Waals surface area contributed by atoms with Crippen LogP contribution in [0.15, 0.2) is 18.2 Å². The maximum absolute atomic E-state index is 13.2. The third kappa shape index (κ3) is 3.77. The quantitative estimate of drug-likeness (QED) is 0.898. The third-order valence-electron chi connectivity index (χ3n) is 3.77. The molecule has 2 rings (SSSR count). The van der Waals surface area contributed by atoms with Gasteiger partial charge >= 0.3 is 0 Å². The molecule has 0 amide bonds. The summed E-state index contributed by atoms with van der Waals surface area (Å²) in [6.07, 6.45) is 2.38. The number of hydrogen-bond donors (Lipinski definition) is 1. The molecule has 1 aliphatic rings. The Morgan fingerprint density at radius 3 is 2.89 bits per heavy atom. The summed E-state index contributed by atoms with van der Waals surface area (Å²) in [5.74, 6) is 0.300. The Morgan fingerprint density at radius 1 is 1.42 bits per heavy atom. The summed E-state index contributed by atoms with van der Waals surface area (Å²) in [5, 5.41) is 3.49. The molecular formula is C16H24FNO. The van der Waals surface area contributed by atoms with Crippen LogP contribution in [0, 0.1) is 18.7 Å². The van der Waals surface area contributed by atoms with E-state index in [0.717, 1.165) is 30.7 Å². The number of halogens is 1. The van der Waals surface area contributed by atoms with Gasteiger partial charge < -0.3 is 10.1 Å². The van der Waals surface area contributed by atoms with Crippen LogP contribution in [0.3, 0.4) is 0 Å². The molecule has 1 aromatic carbocycles. The van der Waals surface area contributed by atoms with Gasteiger partial charge in [-0.1, -0.05) is 19.9 Å². The second-order valence-electron chi connectivity index (χ2n) is 5.76. The number of nitrogens with one attached hydrogen (secondary N) is 1. The highest BCUT2D eigenvalue weighted by atomic mass is 19.1. The molecule has 1 aromatic rings. The molecule has 2 nitrogen and oxygen atoms in total. The summed E-state index contributed by atoms with van der Waals surface area (Å²) < 4.78 is 19.2. The molecule has 1 aliphatic heterocycles. The first kappa shape index (κ1) is 14.5. The van der Waals surface area contributed by atoms with E-state index < -0.39 is 0 Å². The largest absolute Gasteiger partial charge is 0.373 e. The van der Waals surface area contributed by atoms with Crippen molar-refractivity contribution in [1.82, 2.24) is 5.32 Å². The smallest absolute Gasteiger partial charge is 0.123 e. The molecular weight excluding hydrogens is 241 g/mol. The molecule has 0 bridgehead atoms. The fourth-order valence-corrected chi connectivity index (χ4v) is 2.74. The lowest BCUT2D eigenvalue weighted by molar-refractivity contribution is -0.0286. The first-order valence-corrected chi connectivity index (χ1v) is 7.19. The first-order valence-electron chi connectivity index (χ1n) is 7.19. The van der Waals surface area contributed by atoms with Crippen molar-refractivity contribution in [3.8, 4) is 0 Å². The zero-order chi connectivity index (χ0) is 13.8. The average molecular weight is 265 g/mol. The molecule has 106 valence electrons. The highest BCUT2D eigenvalue weighted by Gasteiger charge is 2.28. The standard InChI is InChI=1S/C16H24FNO/c1-11(2)18-10-13-5-4-8-19-16(13)15-7-6-14(17)9-12(15)3/h6-7,9,11,13,16,18H,4-5,8,10H2,1-3H3. The van der Waals surface area contributed by atoms with E-state index in [1.807, 2.05) is 13.0 Å². The second kappa shape index (κ2) is 6.49. The molecule has 0 spiro atoms.